The average molecular weight is 610 g/mol. The predicted molar refractivity (Wildman–Crippen MR) is 111 cm³/mol. The fraction of sp³-hybridized carbons (Fsp3) is 0.364. The van der Waals surface area contributed by atoms with Gasteiger partial charge in [0.1, 0.15) is 5.76 Å². The Morgan fingerprint density at radius 2 is 1.74 bits per heavy atom. The number of halogens is 1. The van der Waals surface area contributed by atoms with E-state index in [2.05, 4.69) is 27.0 Å². The molecule has 1 N–H and O–H groups in total. The minimum Gasteiger partial charge on any atom is -0.512 e. The molecule has 0 amide bonds. The van der Waals surface area contributed by atoms with Crippen molar-refractivity contribution in [3.05, 3.63) is 65.0 Å². The maximum absolute atomic E-state index is 11.5. The number of nitrogens with zero attached hydrogens (tertiary/aromatic N) is 1. The molecule has 3 nitrogen and oxygen atoms in total. The topological polar surface area (TPSA) is 50.2 Å². The van der Waals surface area contributed by atoms with Gasteiger partial charge in [0.25, 0.3) is 0 Å². The van der Waals surface area contributed by atoms with Crippen molar-refractivity contribution in [1.29, 1.82) is 0 Å². The molecule has 5 heteroatoms. The van der Waals surface area contributed by atoms with Gasteiger partial charge in [0.15, 0.2) is 5.78 Å². The Morgan fingerprint density at radius 1 is 1.11 bits per heavy atom. The standard InChI is InChI=1S/C11H7BrN.C11H20O2.Ir/c12-10-5-3-4-9(8-10)11-6-1-2-7-13-11;1-10(2,3)8(12)7-9(13)11(4,5)6;/h1-3,5-8H;7,12H,1-6H3;/q-1;;/b;8-7-;. The van der Waals surface area contributed by atoms with E-state index in [1.54, 1.807) is 6.20 Å². The van der Waals surface area contributed by atoms with Crippen molar-refractivity contribution in [2.24, 2.45) is 10.8 Å². The van der Waals surface area contributed by atoms with Gasteiger partial charge in [-0.3, -0.25) is 4.79 Å². The van der Waals surface area contributed by atoms with Crippen LogP contribution in [0.1, 0.15) is 41.5 Å². The number of hydrogen-bond donors (Lipinski definition) is 1. The van der Waals surface area contributed by atoms with Gasteiger partial charge in [-0.05, 0) is 11.8 Å². The summed E-state index contributed by atoms with van der Waals surface area (Å²) in [4.78, 5) is 15.7. The molecule has 0 aliphatic carbocycles. The van der Waals surface area contributed by atoms with Crippen molar-refractivity contribution in [3.8, 4) is 11.3 Å². The average Bonchev–Trinajstić information content (AvgIpc) is 2.54. The zero-order chi connectivity index (χ0) is 20.0. The van der Waals surface area contributed by atoms with Crippen LogP contribution in [0.15, 0.2) is 58.9 Å². The van der Waals surface area contributed by atoms with Crippen LogP contribution in [0.3, 0.4) is 0 Å². The van der Waals surface area contributed by atoms with E-state index >= 15 is 0 Å². The number of carbonyl (C=O) groups is 1. The van der Waals surface area contributed by atoms with Crippen LogP contribution in [0.5, 0.6) is 0 Å². The first-order valence-corrected chi connectivity index (χ1v) is 9.25. The summed E-state index contributed by atoms with van der Waals surface area (Å²) in [6.45, 7) is 11.1. The molecule has 0 bridgehead atoms. The zero-order valence-electron chi connectivity index (χ0n) is 16.6. The number of benzene rings is 1. The Labute approximate surface area is 184 Å². The molecule has 0 atom stereocenters. The molecule has 0 aliphatic heterocycles. The molecule has 0 aliphatic rings. The molecular formula is C22H27BrIrNO2-. The van der Waals surface area contributed by atoms with Crippen molar-refractivity contribution < 1.29 is 30.0 Å². The summed E-state index contributed by atoms with van der Waals surface area (Å²) in [5.74, 6) is 0.104. The fourth-order valence-corrected chi connectivity index (χ4v) is 2.03. The van der Waals surface area contributed by atoms with Crippen molar-refractivity contribution >= 4 is 21.7 Å². The van der Waals surface area contributed by atoms with E-state index in [-0.39, 0.29) is 37.1 Å². The summed E-state index contributed by atoms with van der Waals surface area (Å²) in [6.07, 6.45) is 3.12. The Balaban J connectivity index is 0.000000483. The maximum atomic E-state index is 11.5. The number of carbonyl (C=O) groups excluding carboxylic acids is 1. The Morgan fingerprint density at radius 3 is 2.19 bits per heavy atom. The van der Waals surface area contributed by atoms with Gasteiger partial charge in [-0.15, -0.1) is 29.8 Å². The molecular weight excluding hydrogens is 582 g/mol. The number of allylic oxidation sites excluding steroid dienone is 2. The number of ketones is 1. The van der Waals surface area contributed by atoms with E-state index in [0.29, 0.717) is 0 Å². The molecule has 149 valence electrons. The van der Waals surface area contributed by atoms with Crippen molar-refractivity contribution in [1.82, 2.24) is 4.98 Å². The van der Waals surface area contributed by atoms with E-state index in [1.807, 2.05) is 77.9 Å². The first kappa shape index (κ1) is 25.7. The normalized spacial score (nSPS) is 11.7. The monoisotopic (exact) mass is 609 g/mol. The summed E-state index contributed by atoms with van der Waals surface area (Å²) in [6, 6.07) is 14.8. The van der Waals surface area contributed by atoms with Crippen LogP contribution < -0.4 is 0 Å². The van der Waals surface area contributed by atoms with E-state index in [0.717, 1.165) is 15.7 Å². The van der Waals surface area contributed by atoms with Crippen LogP contribution in [0.2, 0.25) is 0 Å². The smallest absolute Gasteiger partial charge is 0.164 e. The number of aliphatic hydroxyl groups excluding tert-OH is 1. The Kier molecular flexibility index (Phi) is 10.4. The van der Waals surface area contributed by atoms with Crippen LogP contribution in [-0.4, -0.2) is 15.9 Å². The molecule has 1 aromatic heterocycles. The summed E-state index contributed by atoms with van der Waals surface area (Å²) in [7, 11) is 0. The molecule has 2 aromatic rings. The van der Waals surface area contributed by atoms with Gasteiger partial charge in [-0.25, -0.2) is 0 Å². The number of rotatable bonds is 2. The van der Waals surface area contributed by atoms with Gasteiger partial charge in [0.05, 0.1) is 0 Å². The van der Waals surface area contributed by atoms with Crippen LogP contribution >= 0.6 is 15.9 Å². The van der Waals surface area contributed by atoms with Crippen LogP contribution in [0.25, 0.3) is 11.3 Å². The largest absolute Gasteiger partial charge is 0.512 e. The van der Waals surface area contributed by atoms with E-state index in [4.69, 9.17) is 0 Å². The number of hydrogen-bond acceptors (Lipinski definition) is 3. The molecule has 0 unspecified atom stereocenters. The van der Waals surface area contributed by atoms with Crippen LogP contribution in [0.4, 0.5) is 0 Å². The molecule has 0 saturated heterocycles. The number of aliphatic hydroxyl groups is 1. The predicted octanol–water partition coefficient (Wildman–Crippen LogP) is 6.40. The minimum atomic E-state index is -0.417. The zero-order valence-corrected chi connectivity index (χ0v) is 20.6. The van der Waals surface area contributed by atoms with Gasteiger partial charge < -0.3 is 10.1 Å². The molecule has 27 heavy (non-hydrogen) atoms. The maximum Gasteiger partial charge on any atom is 0.164 e. The van der Waals surface area contributed by atoms with Crippen molar-refractivity contribution in [3.63, 3.8) is 0 Å². The Hall–Kier alpha value is -1.29. The summed E-state index contributed by atoms with van der Waals surface area (Å²) in [5.41, 5.74) is 1.19. The third-order valence-electron chi connectivity index (χ3n) is 3.48. The summed E-state index contributed by atoms with van der Waals surface area (Å²) >= 11 is 3.41. The third kappa shape index (κ3) is 9.46. The summed E-state index contributed by atoms with van der Waals surface area (Å²) < 4.78 is 1.05. The van der Waals surface area contributed by atoms with Gasteiger partial charge in [0.2, 0.25) is 0 Å². The van der Waals surface area contributed by atoms with Crippen LogP contribution in [-0.2, 0) is 24.9 Å². The quantitative estimate of drug-likeness (QED) is 0.244. The third-order valence-corrected chi connectivity index (χ3v) is 3.97. The van der Waals surface area contributed by atoms with Gasteiger partial charge >= 0.3 is 0 Å². The van der Waals surface area contributed by atoms with Crippen molar-refractivity contribution in [2.75, 3.05) is 0 Å². The second-order valence-electron chi connectivity index (χ2n) is 8.03. The second-order valence-corrected chi connectivity index (χ2v) is 8.95. The van der Waals surface area contributed by atoms with E-state index < -0.39 is 5.41 Å². The van der Waals surface area contributed by atoms with E-state index in [1.165, 1.54) is 6.08 Å². The second kappa shape index (κ2) is 10.9. The molecule has 0 spiro atoms. The van der Waals surface area contributed by atoms with Crippen molar-refractivity contribution in [2.45, 2.75) is 41.5 Å². The molecule has 0 saturated carbocycles. The number of aromatic nitrogens is 1. The molecule has 1 heterocycles. The molecule has 1 radical (unpaired) electrons. The van der Waals surface area contributed by atoms with Crippen LogP contribution in [0, 0.1) is 16.9 Å². The summed E-state index contributed by atoms with van der Waals surface area (Å²) in [5, 5.41) is 9.56. The van der Waals surface area contributed by atoms with Gasteiger partial charge in [0, 0.05) is 43.2 Å². The molecule has 1 aromatic carbocycles. The Bertz CT molecular complexity index is 760. The first-order valence-electron chi connectivity index (χ1n) is 8.45. The minimum absolute atomic E-state index is 0. The fourth-order valence-electron chi connectivity index (χ4n) is 1.67. The SMILES string of the molecule is Brc1cc[c-]c(-c2ccccn2)c1.CC(C)(C)C(=O)/C=C(\O)C(C)(C)C.[Ir]. The van der Waals surface area contributed by atoms with Gasteiger partial charge in [-0.1, -0.05) is 74.1 Å². The first-order chi connectivity index (χ1) is 11.9. The number of pyridine rings is 1. The molecule has 2 rings (SSSR count). The van der Waals surface area contributed by atoms with E-state index in [9.17, 15) is 9.90 Å². The molecule has 0 fully saturated rings. The van der Waals surface area contributed by atoms with Gasteiger partial charge in [-0.2, -0.15) is 0 Å².